The number of benzene rings is 6. The van der Waals surface area contributed by atoms with Crippen LogP contribution in [0.3, 0.4) is 0 Å². The summed E-state index contributed by atoms with van der Waals surface area (Å²) in [4.78, 5) is 101. The number of hydrogen-bond donors (Lipinski definition) is 5. The largest absolute Gasteiger partial charge is 0.481 e. The Morgan fingerprint density at radius 2 is 0.623 bits per heavy atom. The number of nitrogen functional groups attached to an aromatic ring is 1. The number of ketones is 3. The Morgan fingerprint density at radius 3 is 0.877 bits per heavy atom. The predicted molar refractivity (Wildman–Crippen MR) is 458 cm³/mol. The van der Waals surface area contributed by atoms with E-state index in [1.807, 2.05) is 107 Å². The van der Waals surface area contributed by atoms with Gasteiger partial charge in [-0.05, 0) is 267 Å². The van der Waals surface area contributed by atoms with Crippen LogP contribution in [0.1, 0.15) is 191 Å². The Kier molecular flexibility index (Phi) is 35.1. The van der Waals surface area contributed by atoms with E-state index in [1.165, 1.54) is 0 Å². The molecule has 6 aromatic rings. The molecule has 0 aromatic heterocycles. The van der Waals surface area contributed by atoms with E-state index in [0.717, 1.165) is 56.3 Å². The van der Waals surface area contributed by atoms with Gasteiger partial charge < -0.3 is 46.1 Å². The number of piperidine rings is 4. The van der Waals surface area contributed by atoms with Crippen molar-refractivity contribution in [3.05, 3.63) is 206 Å². The van der Waals surface area contributed by atoms with Crippen LogP contribution in [0.2, 0.25) is 0 Å². The summed E-state index contributed by atoms with van der Waals surface area (Å²) in [5.74, 6) is -3.00. The highest BCUT2D eigenvalue weighted by Gasteiger charge is 2.62. The van der Waals surface area contributed by atoms with Crippen molar-refractivity contribution in [1.82, 2.24) is 30.7 Å². The van der Waals surface area contributed by atoms with Crippen molar-refractivity contribution in [1.29, 1.82) is 0 Å². The maximum atomic E-state index is 13.1. The molecule has 760 valence electrons. The minimum Gasteiger partial charge on any atom is -0.481 e. The number of anilines is 1. The monoisotopic (exact) mass is 2050 g/mol. The van der Waals surface area contributed by atoms with Gasteiger partial charge in [0.05, 0.1) is 62.3 Å². The lowest BCUT2D eigenvalue weighted by molar-refractivity contribution is -0.144. The number of rotatable bonds is 17. The number of aliphatic carboxylic acids is 1. The highest BCUT2D eigenvalue weighted by Crippen LogP contribution is 2.63. The number of carbonyl (C=O) groups is 8. The Morgan fingerprint density at radius 1 is 0.370 bits per heavy atom. The lowest BCUT2D eigenvalue weighted by Crippen LogP contribution is -2.47. The lowest BCUT2D eigenvalue weighted by Gasteiger charge is -2.33. The maximum Gasteiger partial charge on any atom is 0.416 e. The predicted octanol–water partition coefficient (Wildman–Crippen LogP) is 22.5. The number of likely N-dealkylation sites (tertiary alicyclic amines) is 3. The summed E-state index contributed by atoms with van der Waals surface area (Å²) in [7, 11) is 0. The van der Waals surface area contributed by atoms with Gasteiger partial charge in [-0.25, -0.2) is 9.59 Å². The van der Waals surface area contributed by atoms with Crippen LogP contribution >= 0.6 is 15.9 Å². The summed E-state index contributed by atoms with van der Waals surface area (Å²) in [5.41, 5.74) is -7.08. The van der Waals surface area contributed by atoms with E-state index in [0.29, 0.717) is 138 Å². The molecule has 43 heteroatoms. The number of amides is 4. The fourth-order valence-corrected chi connectivity index (χ4v) is 17.9. The van der Waals surface area contributed by atoms with Crippen LogP contribution in [-0.2, 0) is 120 Å². The molecule has 18 nitrogen and oxygen atoms in total. The van der Waals surface area contributed by atoms with E-state index in [1.54, 1.807) is 9.80 Å². The van der Waals surface area contributed by atoms with Gasteiger partial charge in [-0.15, -0.1) is 0 Å². The normalized spacial score (nSPS) is 19.8. The quantitative estimate of drug-likeness (QED) is 0.0324. The molecular formula is C95H104BrF24N7O11. The fraction of sp³-hybridized carbons (Fsp3) is 0.537. The van der Waals surface area contributed by atoms with E-state index in [4.69, 9.17) is 20.3 Å². The Balaban J connectivity index is 0.000000193. The molecule has 14 rings (SSSR count). The molecule has 0 radical (unpaired) electrons. The number of carbonyl (C=O) groups excluding carboxylic acids is 7. The van der Waals surface area contributed by atoms with Gasteiger partial charge in [0, 0.05) is 80.0 Å². The van der Waals surface area contributed by atoms with E-state index in [-0.39, 0.29) is 146 Å². The van der Waals surface area contributed by atoms with Crippen LogP contribution < -0.4 is 21.7 Å². The van der Waals surface area contributed by atoms with Crippen LogP contribution in [0.5, 0.6) is 0 Å². The number of carboxylic acid groups (broad SMARTS) is 1. The first-order chi connectivity index (χ1) is 63.5. The van der Waals surface area contributed by atoms with Crippen molar-refractivity contribution >= 4 is 68.9 Å². The number of hydrogen-bond acceptors (Lipinski definition) is 13. The summed E-state index contributed by atoms with van der Waals surface area (Å²) in [6, 6.07) is 23.6. The molecule has 4 aliphatic carbocycles. The molecule has 0 bridgehead atoms. The van der Waals surface area contributed by atoms with Crippen LogP contribution in [0.25, 0.3) is 0 Å². The van der Waals surface area contributed by atoms with Crippen LogP contribution in [0.15, 0.2) is 133 Å². The number of alkyl halides is 25. The molecule has 8 aliphatic rings. The highest BCUT2D eigenvalue weighted by atomic mass is 79.9. The number of halogens is 25. The first-order valence-electron chi connectivity index (χ1n) is 43.8. The van der Waals surface area contributed by atoms with Crippen LogP contribution in [0, 0.1) is 45.3 Å². The third-order valence-electron chi connectivity index (χ3n) is 25.3. The van der Waals surface area contributed by atoms with Gasteiger partial charge in [-0.1, -0.05) is 76.6 Å². The van der Waals surface area contributed by atoms with E-state index in [2.05, 4.69) is 31.9 Å². The summed E-state index contributed by atoms with van der Waals surface area (Å²) >= 11 is 3.06. The highest BCUT2D eigenvalue weighted by molar-refractivity contribution is 9.09. The van der Waals surface area contributed by atoms with Crippen molar-refractivity contribution in [3.63, 3.8) is 0 Å². The van der Waals surface area contributed by atoms with Gasteiger partial charge in [-0.2, -0.15) is 105 Å². The number of Topliss-reactive ketones (excluding diaryl/α,β-unsaturated/α-hetero) is 3. The van der Waals surface area contributed by atoms with Gasteiger partial charge >= 0.3 is 67.6 Å². The number of carboxylic acids is 1. The van der Waals surface area contributed by atoms with Gasteiger partial charge in [-0.3, -0.25) is 33.7 Å². The average Bonchev–Trinajstić information content (AvgIpc) is 1.59. The van der Waals surface area contributed by atoms with Crippen molar-refractivity contribution in [2.24, 2.45) is 45.3 Å². The lowest BCUT2D eigenvalue weighted by atomic mass is 9.88. The molecule has 6 N–H and O–H groups in total. The molecule has 138 heavy (non-hydrogen) atoms. The maximum absolute atomic E-state index is 13.1. The topological polar surface area (TPSA) is 247 Å². The minimum atomic E-state index is -4.96. The first kappa shape index (κ1) is 111. The molecule has 4 aliphatic heterocycles. The Labute approximate surface area is 787 Å². The number of nitrogens with two attached hydrogens (primary N) is 1. The zero-order chi connectivity index (χ0) is 103. The molecule has 8 fully saturated rings. The number of nitrogens with zero attached hydrogens (tertiary/aromatic N) is 3. The average molecular weight is 2060 g/mol. The number of nitrogens with one attached hydrogen (secondary N) is 3. The molecule has 4 spiro atoms. The summed E-state index contributed by atoms with van der Waals surface area (Å²) in [6.45, 7) is 16.9. The summed E-state index contributed by atoms with van der Waals surface area (Å²) < 4.78 is 317. The molecular weight excluding hydrogens is 1950 g/mol. The van der Waals surface area contributed by atoms with Gasteiger partial charge in [0.25, 0.3) is 0 Å². The van der Waals surface area contributed by atoms with Crippen LogP contribution in [-0.4, -0.2) is 142 Å². The van der Waals surface area contributed by atoms with Crippen molar-refractivity contribution in [2.45, 2.75) is 212 Å². The molecule has 6 aromatic carbocycles. The molecule has 4 amide bonds. The van der Waals surface area contributed by atoms with Crippen molar-refractivity contribution in [3.8, 4) is 0 Å². The SMILES string of the molecule is CC(C)(C)NC(=O)CBr.CC(C)(C)NC(=O)CN1CCC2(CC1)C[C@H]2C(=O)Cc1cc(C(F)(F)F)cc(C(F)(F)F)c1.Nc1cc(C(F)(F)F)cc(C(F)(F)F)c1.O=C(Cc1cc(C(F)(F)F)cc(C(F)(F)F)c1)[C@@H]1CC12CCN(C(=O)OCc1ccccc1)CC2.O=C(Cc1cc(C(F)(F)F)cc(C(F)(F)F)c1)[C@@H]1CC12CCNCC2.O=C(O)[C@@H]1CC12CCN(C(=O)OCc1ccccc1)CC2. The van der Waals surface area contributed by atoms with Crippen LogP contribution in [0.4, 0.5) is 121 Å². The second-order valence-corrected chi connectivity index (χ2v) is 38.7. The van der Waals surface area contributed by atoms with Crippen molar-refractivity contribution < 1.29 is 158 Å². The first-order valence-corrected chi connectivity index (χ1v) is 44.9. The van der Waals surface area contributed by atoms with Gasteiger partial charge in [0.1, 0.15) is 30.6 Å². The van der Waals surface area contributed by atoms with E-state index < -0.39 is 137 Å². The van der Waals surface area contributed by atoms with Gasteiger partial charge in [0.15, 0.2) is 0 Å². The summed E-state index contributed by atoms with van der Waals surface area (Å²) in [5, 5.41) is 18.3. The molecule has 0 unspecified atom stereocenters. The Hall–Kier alpha value is -10.2. The summed E-state index contributed by atoms with van der Waals surface area (Å²) in [6.07, 6.45) is -33.3. The second kappa shape index (κ2) is 43.5. The van der Waals surface area contributed by atoms with E-state index >= 15 is 0 Å². The second-order valence-electron chi connectivity index (χ2n) is 38.1. The zero-order valence-electron chi connectivity index (χ0n) is 75.5. The molecule has 4 heterocycles. The number of ether oxygens (including phenoxy) is 2. The standard InChI is InChI=1S/C25H23F6NO3.C23H28F6N2O2.C17H17F6NO.C16H19NO4.C8H5F6N.C6H12BrNO/c26-24(27,28)18-10-17(11-19(13-18)25(29,30)31)12-21(33)20-14-23(20)6-8-32(9-7-23)22(34)35-15-16-4-2-1-3-5-16;1-20(2,3)30-19(33)13-31-6-4-21(5-7-31)12-17(21)18(32)10-14-8-15(22(24,25)26)11-16(9-14)23(27,28)29;18-16(19,20)11-5-10(6-12(8-11)17(21,22)23)7-14(25)13-9-15(13)1-3-24-4-2-15;18-14(19)13-10-16(13)6-8-17(9-7-16)15(20)21-11-12-4-2-1-3-5-12;9-7(10,11)4-1-5(8(12,13)14)3-6(15)2-4;1-6(2,3)8-5(9)4-7/h1-5,10-11,13,20H,6-9,12,14-15H2;8-9,11,17H,4-7,10,12-13H2,1-3H3,(H,30,33);5-6,8,13,24H,1-4,7,9H2;1-5,13H,6-11H2,(H,18,19);1-3H,15H2;4H2,1-3H3,(H,8,9)/t20-;17-;2*13-;;/m0000../s1. The molecule has 4 saturated carbocycles. The van der Waals surface area contributed by atoms with Gasteiger partial charge in [0.2, 0.25) is 11.8 Å². The third-order valence-corrected chi connectivity index (χ3v) is 25.8. The zero-order valence-corrected chi connectivity index (χ0v) is 77.1. The van der Waals surface area contributed by atoms with E-state index in [9.17, 15) is 144 Å². The third kappa shape index (κ3) is 32.4. The molecule has 4 atom stereocenters. The minimum absolute atomic E-state index is 0.0242. The van der Waals surface area contributed by atoms with Crippen molar-refractivity contribution in [2.75, 3.05) is 70.0 Å². The fourth-order valence-electron chi connectivity index (χ4n) is 17.7. The Bertz CT molecular complexity index is 5120. The molecule has 4 saturated heterocycles. The smallest absolute Gasteiger partial charge is 0.416 e.